The Kier molecular flexibility index (Phi) is 4.68. The first-order valence-corrected chi connectivity index (χ1v) is 8.58. The van der Waals surface area contributed by atoms with E-state index in [1.807, 2.05) is 18.2 Å². The fourth-order valence-corrected chi connectivity index (χ4v) is 2.71. The molecule has 0 unspecified atom stereocenters. The van der Waals surface area contributed by atoms with Gasteiger partial charge in [-0.05, 0) is 42.0 Å². The highest BCUT2D eigenvalue weighted by Crippen LogP contribution is 2.20. The highest BCUT2D eigenvalue weighted by Gasteiger charge is 2.19. The van der Waals surface area contributed by atoms with E-state index >= 15 is 0 Å². The van der Waals surface area contributed by atoms with Crippen molar-refractivity contribution in [3.05, 3.63) is 89.7 Å². The predicted molar refractivity (Wildman–Crippen MR) is 102 cm³/mol. The lowest BCUT2D eigenvalue weighted by atomic mass is 10.1. The SMILES string of the molecule is N#Cc1cccc(CNc2nc(-c3ccco3)nn2C(=O)c2ccccc2)c1. The van der Waals surface area contributed by atoms with Gasteiger partial charge in [-0.2, -0.15) is 14.9 Å². The molecule has 0 aliphatic carbocycles. The molecule has 0 aliphatic rings. The van der Waals surface area contributed by atoms with Gasteiger partial charge in [0.1, 0.15) is 0 Å². The molecular weight excluding hydrogens is 354 g/mol. The van der Waals surface area contributed by atoms with Crippen LogP contribution in [0.15, 0.2) is 77.4 Å². The molecule has 2 heterocycles. The van der Waals surface area contributed by atoms with Gasteiger partial charge in [-0.25, -0.2) is 0 Å². The van der Waals surface area contributed by atoms with Crippen LogP contribution in [-0.4, -0.2) is 20.7 Å². The maximum atomic E-state index is 12.9. The van der Waals surface area contributed by atoms with E-state index in [0.717, 1.165) is 5.56 Å². The third-order valence-electron chi connectivity index (χ3n) is 4.07. The van der Waals surface area contributed by atoms with Gasteiger partial charge < -0.3 is 9.73 Å². The van der Waals surface area contributed by atoms with Crippen molar-refractivity contribution < 1.29 is 9.21 Å². The van der Waals surface area contributed by atoms with Gasteiger partial charge in [-0.15, -0.1) is 5.10 Å². The summed E-state index contributed by atoms with van der Waals surface area (Å²) in [6, 6.07) is 21.6. The Morgan fingerprint density at radius 3 is 2.71 bits per heavy atom. The Bertz CT molecular complexity index is 1140. The molecule has 0 fully saturated rings. The summed E-state index contributed by atoms with van der Waals surface area (Å²) in [5, 5.41) is 16.5. The molecule has 4 rings (SSSR count). The van der Waals surface area contributed by atoms with Gasteiger partial charge in [0.25, 0.3) is 5.91 Å². The van der Waals surface area contributed by atoms with Crippen LogP contribution >= 0.6 is 0 Å². The molecule has 0 radical (unpaired) electrons. The van der Waals surface area contributed by atoms with Crippen LogP contribution < -0.4 is 5.32 Å². The van der Waals surface area contributed by atoms with E-state index in [1.165, 1.54) is 10.9 Å². The topological polar surface area (TPSA) is 96.7 Å². The Hall–Kier alpha value is -4.18. The zero-order chi connectivity index (χ0) is 19.3. The molecule has 7 heteroatoms. The minimum Gasteiger partial charge on any atom is -0.461 e. The quantitative estimate of drug-likeness (QED) is 0.576. The van der Waals surface area contributed by atoms with Crippen LogP contribution in [-0.2, 0) is 6.54 Å². The second kappa shape index (κ2) is 7.60. The van der Waals surface area contributed by atoms with Gasteiger partial charge in [0.15, 0.2) is 5.76 Å². The number of benzene rings is 2. The van der Waals surface area contributed by atoms with Gasteiger partial charge >= 0.3 is 0 Å². The molecule has 0 spiro atoms. The van der Waals surface area contributed by atoms with E-state index in [-0.39, 0.29) is 5.91 Å². The smallest absolute Gasteiger partial charge is 0.281 e. The standard InChI is InChI=1S/C21H15N5O2/c22-13-15-6-4-7-16(12-15)14-23-21-24-19(18-10-5-11-28-18)25-26(21)20(27)17-8-2-1-3-9-17/h1-12H,14H2,(H,23,24,25). The number of anilines is 1. The third kappa shape index (κ3) is 3.52. The lowest BCUT2D eigenvalue weighted by Gasteiger charge is -2.07. The monoisotopic (exact) mass is 369 g/mol. The van der Waals surface area contributed by atoms with Gasteiger partial charge in [0.05, 0.1) is 17.9 Å². The lowest BCUT2D eigenvalue weighted by Crippen LogP contribution is -2.17. The number of aromatic nitrogens is 3. The van der Waals surface area contributed by atoms with Crippen LogP contribution in [0.25, 0.3) is 11.6 Å². The summed E-state index contributed by atoms with van der Waals surface area (Å²) < 4.78 is 6.58. The van der Waals surface area contributed by atoms with Crippen LogP contribution in [0.2, 0.25) is 0 Å². The first-order chi connectivity index (χ1) is 13.7. The summed E-state index contributed by atoms with van der Waals surface area (Å²) in [7, 11) is 0. The van der Waals surface area contributed by atoms with Crippen molar-refractivity contribution in [3.8, 4) is 17.7 Å². The molecule has 28 heavy (non-hydrogen) atoms. The molecule has 136 valence electrons. The number of furan rings is 1. The first-order valence-electron chi connectivity index (χ1n) is 8.58. The van der Waals surface area contributed by atoms with Gasteiger partial charge in [-0.3, -0.25) is 4.79 Å². The van der Waals surface area contributed by atoms with Gasteiger partial charge in [0, 0.05) is 12.1 Å². The molecule has 0 amide bonds. The van der Waals surface area contributed by atoms with Crippen molar-refractivity contribution >= 4 is 11.9 Å². The molecule has 0 saturated heterocycles. The number of nitriles is 1. The molecule has 2 aromatic heterocycles. The number of nitrogens with zero attached hydrogens (tertiary/aromatic N) is 4. The Balaban J connectivity index is 1.66. The Labute approximate surface area is 160 Å². The summed E-state index contributed by atoms with van der Waals surface area (Å²) in [5.41, 5.74) is 1.95. The number of carbonyl (C=O) groups is 1. The summed E-state index contributed by atoms with van der Waals surface area (Å²) in [4.78, 5) is 17.3. The average Bonchev–Trinajstić information content (AvgIpc) is 3.42. The maximum Gasteiger partial charge on any atom is 0.281 e. The summed E-state index contributed by atoms with van der Waals surface area (Å²) in [6.45, 7) is 0.383. The normalized spacial score (nSPS) is 10.4. The number of nitrogens with one attached hydrogen (secondary N) is 1. The van der Waals surface area contributed by atoms with Crippen molar-refractivity contribution in [2.75, 3.05) is 5.32 Å². The maximum absolute atomic E-state index is 12.9. The molecule has 4 aromatic rings. The fraction of sp³-hybridized carbons (Fsp3) is 0.0476. The minimum atomic E-state index is -0.306. The second-order valence-electron chi connectivity index (χ2n) is 5.99. The number of rotatable bonds is 5. The number of carbonyl (C=O) groups excluding carboxylic acids is 1. The molecule has 7 nitrogen and oxygen atoms in total. The van der Waals surface area contributed by atoms with E-state index in [1.54, 1.807) is 48.5 Å². The molecule has 1 N–H and O–H groups in total. The fourth-order valence-electron chi connectivity index (χ4n) is 2.71. The van der Waals surface area contributed by atoms with Crippen LogP contribution in [0.5, 0.6) is 0 Å². The molecule has 2 aromatic carbocycles. The van der Waals surface area contributed by atoms with E-state index in [4.69, 9.17) is 9.68 Å². The van der Waals surface area contributed by atoms with Crippen molar-refractivity contribution in [3.63, 3.8) is 0 Å². The minimum absolute atomic E-state index is 0.294. The van der Waals surface area contributed by atoms with Crippen LogP contribution in [0, 0.1) is 11.3 Å². The first kappa shape index (κ1) is 17.2. The lowest BCUT2D eigenvalue weighted by molar-refractivity contribution is 0.0947. The molecule has 0 aliphatic heterocycles. The van der Waals surface area contributed by atoms with E-state index < -0.39 is 0 Å². The van der Waals surface area contributed by atoms with Gasteiger partial charge in [-0.1, -0.05) is 30.3 Å². The highest BCUT2D eigenvalue weighted by molar-refractivity contribution is 5.97. The Morgan fingerprint density at radius 2 is 1.96 bits per heavy atom. The van der Waals surface area contributed by atoms with Crippen LogP contribution in [0.1, 0.15) is 21.5 Å². The van der Waals surface area contributed by atoms with E-state index in [9.17, 15) is 4.79 Å². The summed E-state index contributed by atoms with van der Waals surface area (Å²) in [6.07, 6.45) is 1.52. The molecule has 0 saturated carbocycles. The van der Waals surface area contributed by atoms with E-state index in [0.29, 0.717) is 35.2 Å². The summed E-state index contributed by atoms with van der Waals surface area (Å²) in [5.74, 6) is 0.762. The largest absolute Gasteiger partial charge is 0.461 e. The zero-order valence-corrected chi connectivity index (χ0v) is 14.7. The van der Waals surface area contributed by atoms with Crippen LogP contribution in [0.4, 0.5) is 5.95 Å². The highest BCUT2D eigenvalue weighted by atomic mass is 16.3. The zero-order valence-electron chi connectivity index (χ0n) is 14.7. The van der Waals surface area contributed by atoms with Crippen LogP contribution in [0.3, 0.4) is 0 Å². The van der Waals surface area contributed by atoms with Gasteiger partial charge in [0.2, 0.25) is 11.8 Å². The van der Waals surface area contributed by atoms with Crippen molar-refractivity contribution in [1.29, 1.82) is 5.26 Å². The van der Waals surface area contributed by atoms with Crippen molar-refractivity contribution in [2.45, 2.75) is 6.54 Å². The molecule has 0 bridgehead atoms. The predicted octanol–water partition coefficient (Wildman–Crippen LogP) is 3.71. The number of hydrogen-bond donors (Lipinski definition) is 1. The average molecular weight is 369 g/mol. The summed E-state index contributed by atoms with van der Waals surface area (Å²) >= 11 is 0. The van der Waals surface area contributed by atoms with Crippen molar-refractivity contribution in [2.24, 2.45) is 0 Å². The van der Waals surface area contributed by atoms with Crippen molar-refractivity contribution in [1.82, 2.24) is 14.8 Å². The molecule has 0 atom stereocenters. The van der Waals surface area contributed by atoms with E-state index in [2.05, 4.69) is 21.5 Å². The second-order valence-corrected chi connectivity index (χ2v) is 5.99. The molecular formula is C21H15N5O2. The Morgan fingerprint density at radius 1 is 1.11 bits per heavy atom. The number of hydrogen-bond acceptors (Lipinski definition) is 6. The third-order valence-corrected chi connectivity index (χ3v) is 4.07.